The van der Waals surface area contributed by atoms with Gasteiger partial charge in [0.1, 0.15) is 17.1 Å². The molecule has 0 aliphatic rings. The molecule has 0 radical (unpaired) electrons. The summed E-state index contributed by atoms with van der Waals surface area (Å²) in [6.07, 6.45) is 0. The zero-order valence-electron chi connectivity index (χ0n) is 14.9. The van der Waals surface area contributed by atoms with Crippen molar-refractivity contribution in [3.8, 4) is 0 Å². The number of aromatic nitrogens is 1. The van der Waals surface area contributed by atoms with E-state index in [2.05, 4.69) is 5.32 Å². The Morgan fingerprint density at radius 1 is 1.15 bits per heavy atom. The molecule has 0 fully saturated rings. The Labute approximate surface area is 159 Å². The van der Waals surface area contributed by atoms with Crippen molar-refractivity contribution in [2.75, 3.05) is 19.0 Å². The number of nitrogens with one attached hydrogen (secondary N) is 1. The van der Waals surface area contributed by atoms with Crippen LogP contribution >= 0.6 is 11.3 Å². The number of hydrogen-bond acceptors (Lipinski definition) is 6. The number of methoxy groups -OCH3 is 1. The van der Waals surface area contributed by atoms with E-state index < -0.39 is 11.9 Å². The number of thiophene rings is 1. The lowest BCUT2D eigenvalue weighted by molar-refractivity contribution is -0.116. The minimum Gasteiger partial charge on any atom is -0.465 e. The number of hydrogen-bond donors (Lipinski definition) is 1. The quantitative estimate of drug-likeness (QED) is 0.657. The molecule has 0 aliphatic carbocycles. The highest BCUT2D eigenvalue weighted by molar-refractivity contribution is 7.16. The number of anilines is 1. The molecule has 3 rings (SSSR count). The highest BCUT2D eigenvalue weighted by Gasteiger charge is 2.20. The number of fused-ring (bicyclic) bond motifs is 1. The summed E-state index contributed by atoms with van der Waals surface area (Å²) >= 11 is 1.43. The molecule has 1 aromatic carbocycles. The number of ether oxygens (including phenoxy) is 2. The minimum absolute atomic E-state index is 0.0896. The van der Waals surface area contributed by atoms with E-state index >= 15 is 0 Å². The number of carbonyl (C=O) groups excluding carboxylic acids is 3. The van der Waals surface area contributed by atoms with Crippen molar-refractivity contribution in [1.82, 2.24) is 4.57 Å². The molecule has 0 aliphatic heterocycles. The molecule has 3 aromatic rings. The van der Waals surface area contributed by atoms with Gasteiger partial charge in [-0.05, 0) is 36.6 Å². The van der Waals surface area contributed by atoms with Gasteiger partial charge in [-0.15, -0.1) is 11.3 Å². The number of rotatable bonds is 6. The van der Waals surface area contributed by atoms with Gasteiger partial charge in [0.05, 0.1) is 25.0 Å². The van der Waals surface area contributed by atoms with Crippen LogP contribution in [0.4, 0.5) is 5.69 Å². The second-order valence-electron chi connectivity index (χ2n) is 5.60. The number of amides is 1. The first-order valence-electron chi connectivity index (χ1n) is 8.26. The monoisotopic (exact) mass is 386 g/mol. The molecule has 0 atom stereocenters. The van der Waals surface area contributed by atoms with Gasteiger partial charge in [-0.1, -0.05) is 12.1 Å². The van der Waals surface area contributed by atoms with Crippen LogP contribution in [0.5, 0.6) is 0 Å². The van der Waals surface area contributed by atoms with E-state index in [0.717, 1.165) is 10.2 Å². The summed E-state index contributed by atoms with van der Waals surface area (Å²) in [5, 5.41) is 5.47. The van der Waals surface area contributed by atoms with Crippen molar-refractivity contribution in [2.45, 2.75) is 13.5 Å². The number of nitrogens with zero attached hydrogens (tertiary/aromatic N) is 1. The van der Waals surface area contributed by atoms with Crippen molar-refractivity contribution in [3.05, 3.63) is 53.0 Å². The summed E-state index contributed by atoms with van der Waals surface area (Å²) < 4.78 is 11.4. The molecule has 8 heteroatoms. The van der Waals surface area contributed by atoms with Crippen molar-refractivity contribution >= 4 is 45.1 Å². The van der Waals surface area contributed by atoms with Crippen LogP contribution in [-0.4, -0.2) is 36.1 Å². The Balaban J connectivity index is 1.87. The predicted molar refractivity (Wildman–Crippen MR) is 102 cm³/mol. The molecule has 1 amide bonds. The lowest BCUT2D eigenvalue weighted by Crippen LogP contribution is -2.23. The molecule has 0 bridgehead atoms. The molecule has 2 heterocycles. The summed E-state index contributed by atoms with van der Waals surface area (Å²) in [6, 6.07) is 10.2. The van der Waals surface area contributed by atoms with Crippen molar-refractivity contribution < 1.29 is 23.9 Å². The standard InChI is InChI=1S/C19H18N2O5S/c1-3-26-19(24)15-10-12-8-9-27-17(12)21(15)11-16(22)20-14-7-5-4-6-13(14)18(23)25-2/h4-10H,3,11H2,1-2H3,(H,20,22). The summed E-state index contributed by atoms with van der Waals surface area (Å²) in [7, 11) is 1.28. The van der Waals surface area contributed by atoms with Crippen molar-refractivity contribution in [2.24, 2.45) is 0 Å². The fourth-order valence-corrected chi connectivity index (χ4v) is 3.62. The smallest absolute Gasteiger partial charge is 0.355 e. The summed E-state index contributed by atoms with van der Waals surface area (Å²) in [4.78, 5) is 37.5. The Hall–Kier alpha value is -3.13. The maximum absolute atomic E-state index is 12.6. The average Bonchev–Trinajstić information content (AvgIpc) is 3.24. The van der Waals surface area contributed by atoms with E-state index in [-0.39, 0.29) is 24.6 Å². The molecule has 1 N–H and O–H groups in total. The van der Waals surface area contributed by atoms with Crippen LogP contribution in [0.15, 0.2) is 41.8 Å². The molecule has 0 saturated carbocycles. The largest absolute Gasteiger partial charge is 0.465 e. The van der Waals surface area contributed by atoms with Crippen LogP contribution in [-0.2, 0) is 20.8 Å². The second kappa shape index (κ2) is 8.05. The summed E-state index contributed by atoms with van der Waals surface area (Å²) in [5.74, 6) is -1.40. The van der Waals surface area contributed by atoms with Gasteiger partial charge >= 0.3 is 11.9 Å². The lowest BCUT2D eigenvalue weighted by atomic mass is 10.2. The maximum atomic E-state index is 12.6. The Bertz CT molecular complexity index is 1000. The number of esters is 2. The molecule has 27 heavy (non-hydrogen) atoms. The Morgan fingerprint density at radius 3 is 2.67 bits per heavy atom. The van der Waals surface area contributed by atoms with E-state index in [4.69, 9.17) is 9.47 Å². The first-order valence-corrected chi connectivity index (χ1v) is 9.14. The van der Waals surface area contributed by atoms with E-state index in [1.807, 2.05) is 11.4 Å². The van der Waals surface area contributed by atoms with Gasteiger partial charge in [-0.3, -0.25) is 4.79 Å². The van der Waals surface area contributed by atoms with Gasteiger partial charge in [0.25, 0.3) is 0 Å². The summed E-state index contributed by atoms with van der Waals surface area (Å²) in [5.41, 5.74) is 0.921. The van der Waals surface area contributed by atoms with Gasteiger partial charge < -0.3 is 19.4 Å². The van der Waals surface area contributed by atoms with E-state index in [0.29, 0.717) is 11.4 Å². The topological polar surface area (TPSA) is 86.6 Å². The van der Waals surface area contributed by atoms with Crippen molar-refractivity contribution in [1.29, 1.82) is 0 Å². The fraction of sp³-hybridized carbons (Fsp3) is 0.211. The molecular formula is C19H18N2O5S. The van der Waals surface area contributed by atoms with Crippen LogP contribution in [0.1, 0.15) is 27.8 Å². The first kappa shape index (κ1) is 18.7. The van der Waals surface area contributed by atoms with Crippen LogP contribution < -0.4 is 5.32 Å². The van der Waals surface area contributed by atoms with Crippen LogP contribution in [0.3, 0.4) is 0 Å². The molecule has 2 aromatic heterocycles. The molecule has 140 valence electrons. The fourth-order valence-electron chi connectivity index (χ4n) is 2.72. The van der Waals surface area contributed by atoms with E-state index in [1.165, 1.54) is 18.4 Å². The highest BCUT2D eigenvalue weighted by atomic mass is 32.1. The van der Waals surface area contributed by atoms with E-state index in [1.54, 1.807) is 41.8 Å². The zero-order valence-corrected chi connectivity index (χ0v) is 15.7. The lowest BCUT2D eigenvalue weighted by Gasteiger charge is -2.12. The third-order valence-corrected chi connectivity index (χ3v) is 4.85. The third kappa shape index (κ3) is 3.85. The second-order valence-corrected chi connectivity index (χ2v) is 6.50. The third-order valence-electron chi connectivity index (χ3n) is 3.90. The van der Waals surface area contributed by atoms with Crippen molar-refractivity contribution in [3.63, 3.8) is 0 Å². The van der Waals surface area contributed by atoms with Gasteiger partial charge in [-0.25, -0.2) is 9.59 Å². The number of para-hydroxylation sites is 1. The number of benzene rings is 1. The predicted octanol–water partition coefficient (Wildman–Crippen LogP) is 3.30. The highest BCUT2D eigenvalue weighted by Crippen LogP contribution is 2.26. The Morgan fingerprint density at radius 2 is 1.93 bits per heavy atom. The molecule has 7 nitrogen and oxygen atoms in total. The minimum atomic E-state index is -0.542. The average molecular weight is 386 g/mol. The SMILES string of the molecule is CCOC(=O)c1cc2ccsc2n1CC(=O)Nc1ccccc1C(=O)OC. The number of carbonyl (C=O) groups is 3. The molecular weight excluding hydrogens is 368 g/mol. The molecule has 0 unspecified atom stereocenters. The van der Waals surface area contributed by atoms with Gasteiger partial charge in [0.2, 0.25) is 5.91 Å². The van der Waals surface area contributed by atoms with Gasteiger partial charge in [0, 0.05) is 5.39 Å². The van der Waals surface area contributed by atoms with E-state index in [9.17, 15) is 14.4 Å². The Kier molecular flexibility index (Phi) is 5.56. The molecule has 0 saturated heterocycles. The van der Waals surface area contributed by atoms with Gasteiger partial charge in [-0.2, -0.15) is 0 Å². The van der Waals surface area contributed by atoms with Crippen LogP contribution in [0, 0.1) is 0 Å². The van der Waals surface area contributed by atoms with Crippen LogP contribution in [0.2, 0.25) is 0 Å². The molecule has 0 spiro atoms. The van der Waals surface area contributed by atoms with Gasteiger partial charge in [0.15, 0.2) is 0 Å². The van der Waals surface area contributed by atoms with Crippen LogP contribution in [0.25, 0.3) is 10.2 Å². The first-order chi connectivity index (χ1) is 13.0. The maximum Gasteiger partial charge on any atom is 0.355 e. The normalized spacial score (nSPS) is 10.6. The zero-order chi connectivity index (χ0) is 19.4. The summed E-state index contributed by atoms with van der Waals surface area (Å²) in [6.45, 7) is 1.88.